The van der Waals surface area contributed by atoms with Crippen LogP contribution in [0.4, 0.5) is 4.39 Å². The molecule has 2 rings (SSSR count). The van der Waals surface area contributed by atoms with Gasteiger partial charge in [-0.15, -0.1) is 0 Å². The Morgan fingerprint density at radius 1 is 1.40 bits per heavy atom. The van der Waals surface area contributed by atoms with E-state index in [0.29, 0.717) is 10.0 Å². The largest absolute Gasteiger partial charge is 0.368 e. The second-order valence-corrected chi connectivity index (χ2v) is 6.45. The number of hydrogen-bond acceptors (Lipinski definition) is 2. The molecule has 1 aliphatic carbocycles. The highest BCUT2D eigenvalue weighted by Crippen LogP contribution is 2.31. The molecule has 0 spiro atoms. The van der Waals surface area contributed by atoms with E-state index in [0.717, 1.165) is 25.7 Å². The van der Waals surface area contributed by atoms with Crippen molar-refractivity contribution in [2.45, 2.75) is 50.6 Å². The Balaban J connectivity index is 2.30. The van der Waals surface area contributed by atoms with E-state index in [2.05, 4.69) is 21.2 Å². The third-order valence-corrected chi connectivity index (χ3v) is 4.72. The fourth-order valence-electron chi connectivity index (χ4n) is 2.83. The average molecular weight is 343 g/mol. The van der Waals surface area contributed by atoms with Gasteiger partial charge in [0, 0.05) is 10.5 Å². The van der Waals surface area contributed by atoms with Crippen LogP contribution in [-0.4, -0.2) is 11.9 Å². The zero-order valence-electron chi connectivity index (χ0n) is 11.6. The second kappa shape index (κ2) is 6.22. The molecule has 1 saturated carbocycles. The Labute approximate surface area is 127 Å². The lowest BCUT2D eigenvalue weighted by Gasteiger charge is -2.35. The lowest BCUT2D eigenvalue weighted by atomic mass is 9.87. The molecule has 1 aliphatic rings. The molecule has 1 aromatic carbocycles. The summed E-state index contributed by atoms with van der Waals surface area (Å²) < 4.78 is 13.8. The van der Waals surface area contributed by atoms with E-state index in [9.17, 15) is 9.18 Å². The number of rotatable bonds is 4. The standard InChI is InChI=1S/C15H20BrFN2O/c1-15(14(18)20,19-11-5-3-2-4-6-11)12-8-7-10(17)9-13(12)16/h7-9,11,19H,2-6H2,1H3,(H2,18,20). The summed E-state index contributed by atoms with van der Waals surface area (Å²) in [6, 6.07) is 4.60. The minimum Gasteiger partial charge on any atom is -0.368 e. The molecule has 1 atom stereocenters. The Hall–Kier alpha value is -0.940. The number of primary amides is 1. The zero-order chi connectivity index (χ0) is 14.8. The lowest BCUT2D eigenvalue weighted by molar-refractivity contribution is -0.124. The minimum atomic E-state index is -0.992. The Bertz CT molecular complexity index is 503. The van der Waals surface area contributed by atoms with Crippen molar-refractivity contribution in [3.05, 3.63) is 34.1 Å². The van der Waals surface area contributed by atoms with Crippen molar-refractivity contribution < 1.29 is 9.18 Å². The maximum absolute atomic E-state index is 13.2. The van der Waals surface area contributed by atoms with E-state index in [1.807, 2.05) is 0 Å². The highest BCUT2D eigenvalue weighted by Gasteiger charge is 2.37. The van der Waals surface area contributed by atoms with Crippen LogP contribution < -0.4 is 11.1 Å². The predicted molar refractivity (Wildman–Crippen MR) is 80.7 cm³/mol. The normalized spacial score (nSPS) is 19.6. The van der Waals surface area contributed by atoms with Gasteiger partial charge in [-0.1, -0.05) is 41.3 Å². The highest BCUT2D eigenvalue weighted by molar-refractivity contribution is 9.10. The van der Waals surface area contributed by atoms with Crippen LogP contribution in [0, 0.1) is 5.82 Å². The number of carbonyl (C=O) groups is 1. The number of amides is 1. The van der Waals surface area contributed by atoms with Crippen LogP contribution in [0.25, 0.3) is 0 Å². The topological polar surface area (TPSA) is 55.1 Å². The number of nitrogens with one attached hydrogen (secondary N) is 1. The molecule has 3 nitrogen and oxygen atoms in total. The van der Waals surface area contributed by atoms with Gasteiger partial charge in [0.2, 0.25) is 5.91 Å². The van der Waals surface area contributed by atoms with Gasteiger partial charge in [0.25, 0.3) is 0 Å². The quantitative estimate of drug-likeness (QED) is 0.882. The van der Waals surface area contributed by atoms with Crippen molar-refractivity contribution in [2.24, 2.45) is 5.73 Å². The van der Waals surface area contributed by atoms with Crippen molar-refractivity contribution >= 4 is 21.8 Å². The summed E-state index contributed by atoms with van der Waals surface area (Å²) in [6.45, 7) is 1.77. The van der Waals surface area contributed by atoms with Crippen molar-refractivity contribution in [3.63, 3.8) is 0 Å². The van der Waals surface area contributed by atoms with Gasteiger partial charge in [-0.25, -0.2) is 4.39 Å². The van der Waals surface area contributed by atoms with Crippen LogP contribution in [-0.2, 0) is 10.3 Å². The molecule has 0 heterocycles. The fraction of sp³-hybridized carbons (Fsp3) is 0.533. The second-order valence-electron chi connectivity index (χ2n) is 5.59. The van der Waals surface area contributed by atoms with Gasteiger partial charge in [-0.05, 0) is 37.5 Å². The SMILES string of the molecule is CC(NC1CCCCC1)(C(N)=O)c1ccc(F)cc1Br. The molecule has 0 bridgehead atoms. The van der Waals surface area contributed by atoms with Crippen molar-refractivity contribution in [1.82, 2.24) is 5.32 Å². The minimum absolute atomic E-state index is 0.276. The first kappa shape index (κ1) is 15.4. The molecule has 0 radical (unpaired) electrons. The molecule has 3 N–H and O–H groups in total. The summed E-state index contributed by atoms with van der Waals surface area (Å²) in [5, 5.41) is 3.38. The first-order valence-corrected chi connectivity index (χ1v) is 7.76. The summed E-state index contributed by atoms with van der Waals surface area (Å²) in [6.07, 6.45) is 5.66. The van der Waals surface area contributed by atoms with Gasteiger partial charge >= 0.3 is 0 Å². The van der Waals surface area contributed by atoms with Crippen LogP contribution in [0.1, 0.15) is 44.6 Å². The van der Waals surface area contributed by atoms with E-state index in [1.54, 1.807) is 13.0 Å². The molecular formula is C15H20BrFN2O. The van der Waals surface area contributed by atoms with Gasteiger partial charge in [-0.2, -0.15) is 0 Å². The van der Waals surface area contributed by atoms with Gasteiger partial charge in [0.05, 0.1) is 0 Å². The van der Waals surface area contributed by atoms with Crippen LogP contribution in [0.3, 0.4) is 0 Å². The Morgan fingerprint density at radius 2 is 2.05 bits per heavy atom. The van der Waals surface area contributed by atoms with Gasteiger partial charge in [0.15, 0.2) is 0 Å². The highest BCUT2D eigenvalue weighted by atomic mass is 79.9. The molecule has 1 aromatic rings. The number of hydrogen-bond donors (Lipinski definition) is 2. The maximum Gasteiger partial charge on any atom is 0.242 e. The third kappa shape index (κ3) is 3.20. The molecule has 1 amide bonds. The molecule has 110 valence electrons. The summed E-state index contributed by atoms with van der Waals surface area (Å²) in [5.74, 6) is -0.791. The van der Waals surface area contributed by atoms with Crippen LogP contribution in [0.2, 0.25) is 0 Å². The molecule has 0 aromatic heterocycles. The molecule has 0 aliphatic heterocycles. The number of nitrogens with two attached hydrogens (primary N) is 1. The zero-order valence-corrected chi connectivity index (χ0v) is 13.2. The van der Waals surface area contributed by atoms with E-state index in [4.69, 9.17) is 5.73 Å². The lowest BCUT2D eigenvalue weighted by Crippen LogP contribution is -2.54. The Morgan fingerprint density at radius 3 is 2.60 bits per heavy atom. The van der Waals surface area contributed by atoms with Crippen molar-refractivity contribution in [2.75, 3.05) is 0 Å². The van der Waals surface area contributed by atoms with Crippen molar-refractivity contribution in [1.29, 1.82) is 0 Å². The van der Waals surface area contributed by atoms with Gasteiger partial charge in [-0.3, -0.25) is 10.1 Å². The summed E-state index contributed by atoms with van der Waals surface area (Å²) in [5.41, 5.74) is 5.30. The van der Waals surface area contributed by atoms with Gasteiger partial charge < -0.3 is 5.73 Å². The van der Waals surface area contributed by atoms with Crippen LogP contribution in [0.15, 0.2) is 22.7 Å². The predicted octanol–water partition coefficient (Wildman–Crippen LogP) is 3.21. The van der Waals surface area contributed by atoms with Crippen LogP contribution >= 0.6 is 15.9 Å². The number of halogens is 2. The Kier molecular flexibility index (Phi) is 4.81. The molecule has 0 saturated heterocycles. The van der Waals surface area contributed by atoms with E-state index < -0.39 is 11.4 Å². The van der Waals surface area contributed by atoms with Gasteiger partial charge in [0.1, 0.15) is 11.4 Å². The molecule has 20 heavy (non-hydrogen) atoms. The number of benzene rings is 1. The summed E-state index contributed by atoms with van der Waals surface area (Å²) in [4.78, 5) is 12.0. The smallest absolute Gasteiger partial charge is 0.242 e. The number of carbonyl (C=O) groups excluding carboxylic acids is 1. The van der Waals surface area contributed by atoms with E-state index in [-0.39, 0.29) is 11.9 Å². The third-order valence-electron chi connectivity index (χ3n) is 4.06. The van der Waals surface area contributed by atoms with Crippen LogP contribution in [0.5, 0.6) is 0 Å². The summed E-state index contributed by atoms with van der Waals surface area (Å²) >= 11 is 3.33. The first-order chi connectivity index (χ1) is 9.43. The average Bonchev–Trinajstić information content (AvgIpc) is 2.39. The molecular weight excluding hydrogens is 323 g/mol. The van der Waals surface area contributed by atoms with E-state index >= 15 is 0 Å². The van der Waals surface area contributed by atoms with E-state index in [1.165, 1.54) is 18.6 Å². The maximum atomic E-state index is 13.2. The van der Waals surface area contributed by atoms with Crippen molar-refractivity contribution in [3.8, 4) is 0 Å². The molecule has 5 heteroatoms. The first-order valence-electron chi connectivity index (χ1n) is 6.96. The monoisotopic (exact) mass is 342 g/mol. The molecule has 1 fully saturated rings. The molecule has 1 unspecified atom stereocenters. The fourth-order valence-corrected chi connectivity index (χ4v) is 3.58. The summed E-state index contributed by atoms with van der Waals surface area (Å²) in [7, 11) is 0.